The van der Waals surface area contributed by atoms with E-state index in [1.54, 1.807) is 26.1 Å². The first-order valence-electron chi connectivity index (χ1n) is 9.06. The molecule has 0 heterocycles. The summed E-state index contributed by atoms with van der Waals surface area (Å²) in [6, 6.07) is 8.05. The zero-order valence-corrected chi connectivity index (χ0v) is 18.4. The molecule has 0 bridgehead atoms. The lowest BCUT2D eigenvalue weighted by molar-refractivity contribution is -0.127. The Morgan fingerprint density at radius 3 is 2.48 bits per heavy atom. The van der Waals surface area contributed by atoms with Gasteiger partial charge < -0.3 is 25.2 Å². The number of amides is 1. The SMILES string of the molecule is COCCCN(C)CCNC(=NCc1ccc(Br)cc1)NCC(=O)N(C)C. The van der Waals surface area contributed by atoms with Crippen LogP contribution >= 0.6 is 15.9 Å². The Hall–Kier alpha value is -1.64. The number of nitrogens with one attached hydrogen (secondary N) is 2. The number of guanidine groups is 1. The summed E-state index contributed by atoms with van der Waals surface area (Å²) in [7, 11) is 7.28. The summed E-state index contributed by atoms with van der Waals surface area (Å²) in [6.45, 7) is 4.13. The molecule has 2 N–H and O–H groups in total. The van der Waals surface area contributed by atoms with Gasteiger partial charge in [-0.1, -0.05) is 28.1 Å². The molecule has 0 aromatic heterocycles. The summed E-state index contributed by atoms with van der Waals surface area (Å²) < 4.78 is 6.12. The predicted octanol–water partition coefficient (Wildman–Crippen LogP) is 1.54. The summed E-state index contributed by atoms with van der Waals surface area (Å²) in [5.41, 5.74) is 1.11. The minimum atomic E-state index is 0.00447. The van der Waals surface area contributed by atoms with Crippen molar-refractivity contribution in [1.82, 2.24) is 20.4 Å². The molecule has 1 aromatic carbocycles. The van der Waals surface area contributed by atoms with E-state index in [2.05, 4.69) is 43.5 Å². The highest BCUT2D eigenvalue weighted by atomic mass is 79.9. The molecule has 0 unspecified atom stereocenters. The molecule has 0 fully saturated rings. The number of carbonyl (C=O) groups is 1. The normalized spacial score (nSPS) is 11.6. The Labute approximate surface area is 171 Å². The van der Waals surface area contributed by atoms with E-state index in [4.69, 9.17) is 4.74 Å². The number of methoxy groups -OCH3 is 1. The number of hydrogen-bond donors (Lipinski definition) is 2. The third kappa shape index (κ3) is 10.9. The fraction of sp³-hybridized carbons (Fsp3) is 0.579. The van der Waals surface area contributed by atoms with Crippen LogP contribution in [0.2, 0.25) is 0 Å². The van der Waals surface area contributed by atoms with Gasteiger partial charge in [0.1, 0.15) is 0 Å². The van der Waals surface area contributed by atoms with E-state index in [-0.39, 0.29) is 12.5 Å². The minimum absolute atomic E-state index is 0.00447. The van der Waals surface area contributed by atoms with Gasteiger partial charge in [0.15, 0.2) is 5.96 Å². The van der Waals surface area contributed by atoms with Crippen LogP contribution in [0, 0.1) is 0 Å². The van der Waals surface area contributed by atoms with Gasteiger partial charge in [0, 0.05) is 51.9 Å². The summed E-state index contributed by atoms with van der Waals surface area (Å²) in [5.74, 6) is 0.642. The largest absolute Gasteiger partial charge is 0.385 e. The van der Waals surface area contributed by atoms with Crippen molar-refractivity contribution in [3.63, 3.8) is 0 Å². The topological polar surface area (TPSA) is 69.2 Å². The molecule has 0 saturated heterocycles. The molecule has 0 aliphatic heterocycles. The molecule has 0 atom stereocenters. The molecule has 0 spiro atoms. The molecule has 0 saturated carbocycles. The molecule has 27 heavy (non-hydrogen) atoms. The van der Waals surface area contributed by atoms with Crippen LogP contribution < -0.4 is 10.6 Å². The lowest BCUT2D eigenvalue weighted by Crippen LogP contribution is -2.45. The lowest BCUT2D eigenvalue weighted by atomic mass is 10.2. The van der Waals surface area contributed by atoms with Gasteiger partial charge in [-0.25, -0.2) is 4.99 Å². The monoisotopic (exact) mass is 441 g/mol. The van der Waals surface area contributed by atoms with Crippen LogP contribution in [0.5, 0.6) is 0 Å². The van der Waals surface area contributed by atoms with Crippen molar-refractivity contribution >= 4 is 27.8 Å². The van der Waals surface area contributed by atoms with Crippen molar-refractivity contribution < 1.29 is 9.53 Å². The molecule has 152 valence electrons. The Bertz CT molecular complexity index is 578. The van der Waals surface area contributed by atoms with Crippen molar-refractivity contribution in [2.75, 3.05) is 61.0 Å². The maximum Gasteiger partial charge on any atom is 0.241 e. The quantitative estimate of drug-likeness (QED) is 0.309. The Balaban J connectivity index is 2.54. The second-order valence-corrected chi connectivity index (χ2v) is 7.43. The van der Waals surface area contributed by atoms with Crippen LogP contribution in [-0.4, -0.2) is 82.7 Å². The molecule has 7 nitrogen and oxygen atoms in total. The number of ether oxygens (including phenoxy) is 1. The third-order valence-electron chi connectivity index (χ3n) is 3.91. The van der Waals surface area contributed by atoms with E-state index >= 15 is 0 Å². The second kappa shape index (κ2) is 13.5. The number of hydrogen-bond acceptors (Lipinski definition) is 4. The van der Waals surface area contributed by atoms with Crippen molar-refractivity contribution in [2.45, 2.75) is 13.0 Å². The fourth-order valence-corrected chi connectivity index (χ4v) is 2.47. The van der Waals surface area contributed by atoms with Crippen LogP contribution in [0.4, 0.5) is 0 Å². The van der Waals surface area contributed by atoms with E-state index in [0.717, 1.165) is 42.7 Å². The van der Waals surface area contributed by atoms with Crippen molar-refractivity contribution in [3.05, 3.63) is 34.3 Å². The summed E-state index contributed by atoms with van der Waals surface area (Å²) in [4.78, 5) is 20.2. The predicted molar refractivity (Wildman–Crippen MR) is 114 cm³/mol. The van der Waals surface area contributed by atoms with Crippen LogP contribution in [0.15, 0.2) is 33.7 Å². The summed E-state index contributed by atoms with van der Waals surface area (Å²) in [5, 5.41) is 6.41. The highest BCUT2D eigenvalue weighted by Crippen LogP contribution is 2.11. The van der Waals surface area contributed by atoms with Crippen LogP contribution in [0.1, 0.15) is 12.0 Å². The first-order chi connectivity index (χ1) is 12.9. The van der Waals surface area contributed by atoms with Gasteiger partial charge in [0.2, 0.25) is 5.91 Å². The highest BCUT2D eigenvalue weighted by molar-refractivity contribution is 9.10. The number of nitrogens with zero attached hydrogens (tertiary/aromatic N) is 3. The maximum atomic E-state index is 11.8. The lowest BCUT2D eigenvalue weighted by Gasteiger charge is -2.19. The zero-order chi connectivity index (χ0) is 20.1. The molecule has 0 aliphatic carbocycles. The number of rotatable bonds is 11. The molecule has 0 aliphatic rings. The zero-order valence-electron chi connectivity index (χ0n) is 16.8. The summed E-state index contributed by atoms with van der Waals surface area (Å²) >= 11 is 3.43. The van der Waals surface area contributed by atoms with Gasteiger partial charge in [0.25, 0.3) is 0 Å². The molecule has 1 aromatic rings. The van der Waals surface area contributed by atoms with E-state index in [9.17, 15) is 4.79 Å². The number of likely N-dealkylation sites (N-methyl/N-ethyl adjacent to an activating group) is 2. The highest BCUT2D eigenvalue weighted by Gasteiger charge is 2.06. The van der Waals surface area contributed by atoms with Gasteiger partial charge in [0.05, 0.1) is 13.1 Å². The van der Waals surface area contributed by atoms with Gasteiger partial charge in [-0.05, 0) is 31.2 Å². The Morgan fingerprint density at radius 2 is 1.85 bits per heavy atom. The average molecular weight is 442 g/mol. The number of aliphatic imine (C=N–C) groups is 1. The van der Waals surface area contributed by atoms with E-state index in [1.807, 2.05) is 24.3 Å². The first-order valence-corrected chi connectivity index (χ1v) is 9.86. The van der Waals surface area contributed by atoms with Crippen molar-refractivity contribution in [1.29, 1.82) is 0 Å². The second-order valence-electron chi connectivity index (χ2n) is 6.51. The Morgan fingerprint density at radius 1 is 1.15 bits per heavy atom. The molecule has 0 radical (unpaired) electrons. The fourth-order valence-electron chi connectivity index (χ4n) is 2.21. The number of benzene rings is 1. The van der Waals surface area contributed by atoms with Gasteiger partial charge in [-0.15, -0.1) is 0 Å². The van der Waals surface area contributed by atoms with Gasteiger partial charge in [-0.2, -0.15) is 0 Å². The Kier molecular flexibility index (Phi) is 11.7. The van der Waals surface area contributed by atoms with Crippen LogP contribution in [0.3, 0.4) is 0 Å². The van der Waals surface area contributed by atoms with E-state index in [1.165, 1.54) is 0 Å². The number of halogens is 1. The van der Waals surface area contributed by atoms with Gasteiger partial charge in [-0.3, -0.25) is 4.79 Å². The maximum absolute atomic E-state index is 11.8. The van der Waals surface area contributed by atoms with E-state index in [0.29, 0.717) is 12.5 Å². The standard InChI is InChI=1S/C19H32BrN5O2/c1-24(2)18(26)15-23-19(21-10-12-25(3)11-5-13-27-4)22-14-16-6-8-17(20)9-7-16/h6-9H,5,10-15H2,1-4H3,(H2,21,22,23). The van der Waals surface area contributed by atoms with Crippen LogP contribution in [0.25, 0.3) is 0 Å². The first kappa shape index (κ1) is 23.4. The molecule has 8 heteroatoms. The van der Waals surface area contributed by atoms with Crippen LogP contribution in [-0.2, 0) is 16.1 Å². The average Bonchev–Trinajstić information content (AvgIpc) is 2.64. The molecular formula is C19H32BrN5O2. The summed E-state index contributed by atoms with van der Waals surface area (Å²) in [6.07, 6.45) is 1.01. The molecule has 1 rings (SSSR count). The van der Waals surface area contributed by atoms with E-state index < -0.39 is 0 Å². The minimum Gasteiger partial charge on any atom is -0.385 e. The molecular weight excluding hydrogens is 410 g/mol. The molecule has 1 amide bonds. The third-order valence-corrected chi connectivity index (χ3v) is 4.44. The van der Waals surface area contributed by atoms with Crippen molar-refractivity contribution in [3.8, 4) is 0 Å². The smallest absolute Gasteiger partial charge is 0.241 e. The van der Waals surface area contributed by atoms with Gasteiger partial charge >= 0.3 is 0 Å². The number of carbonyl (C=O) groups excluding carboxylic acids is 1. The van der Waals surface area contributed by atoms with Crippen molar-refractivity contribution in [2.24, 2.45) is 4.99 Å².